The van der Waals surface area contributed by atoms with Crippen molar-refractivity contribution in [3.8, 4) is 5.75 Å². The van der Waals surface area contributed by atoms with Gasteiger partial charge in [-0.05, 0) is 30.5 Å². The van der Waals surface area contributed by atoms with E-state index in [1.807, 2.05) is 47.4 Å². The standard InChI is InChI=1S/C25H29N3O6/c29-21(10-6-13-26-24(30)34-25(31)27-15-17-32-18-16-27)23-28(14-12-19-7-2-1-3-8-19)20-9-4-5-11-22(20)33-23/h1-5,7-9,11,23H,6,10,12-18H2,(H,26,30). The first-order chi connectivity index (χ1) is 16.6. The number of alkyl carbamates (subject to hydrolysis) is 1. The van der Waals surface area contributed by atoms with Crippen molar-refractivity contribution in [2.75, 3.05) is 44.3 Å². The third-order valence-corrected chi connectivity index (χ3v) is 5.77. The van der Waals surface area contributed by atoms with Gasteiger partial charge in [-0.15, -0.1) is 0 Å². The summed E-state index contributed by atoms with van der Waals surface area (Å²) in [6.45, 7) is 2.50. The second-order valence-corrected chi connectivity index (χ2v) is 8.12. The number of anilines is 1. The molecule has 2 heterocycles. The predicted octanol–water partition coefficient (Wildman–Crippen LogP) is 2.98. The zero-order valence-electron chi connectivity index (χ0n) is 19.0. The molecule has 1 fully saturated rings. The highest BCUT2D eigenvalue weighted by Crippen LogP contribution is 2.37. The Hall–Kier alpha value is -3.59. The fourth-order valence-corrected chi connectivity index (χ4v) is 3.98. The van der Waals surface area contributed by atoms with Gasteiger partial charge in [0.05, 0.1) is 18.9 Å². The normalized spacial score (nSPS) is 17.0. The first kappa shape index (κ1) is 23.6. The summed E-state index contributed by atoms with van der Waals surface area (Å²) in [7, 11) is 0. The van der Waals surface area contributed by atoms with Crippen molar-refractivity contribution in [3.05, 3.63) is 60.2 Å². The molecule has 0 spiro atoms. The van der Waals surface area contributed by atoms with E-state index in [2.05, 4.69) is 17.4 Å². The minimum atomic E-state index is -0.821. The molecule has 2 aliphatic rings. The zero-order valence-corrected chi connectivity index (χ0v) is 19.0. The minimum Gasteiger partial charge on any atom is -0.461 e. The van der Waals surface area contributed by atoms with Gasteiger partial charge in [-0.1, -0.05) is 42.5 Å². The number of Topliss-reactive ketones (excluding diaryl/α,β-unsaturated/α-hetero) is 1. The van der Waals surface area contributed by atoms with Gasteiger partial charge in [-0.3, -0.25) is 4.79 Å². The molecule has 1 unspecified atom stereocenters. The molecule has 2 aromatic rings. The maximum Gasteiger partial charge on any atom is 0.418 e. The number of rotatable bonds is 8. The summed E-state index contributed by atoms with van der Waals surface area (Å²) < 4.78 is 15.9. The van der Waals surface area contributed by atoms with Crippen LogP contribution in [-0.2, 0) is 20.7 Å². The van der Waals surface area contributed by atoms with E-state index >= 15 is 0 Å². The molecule has 34 heavy (non-hydrogen) atoms. The monoisotopic (exact) mass is 467 g/mol. The molecule has 2 aromatic carbocycles. The van der Waals surface area contributed by atoms with Crippen LogP contribution in [0, 0.1) is 0 Å². The van der Waals surface area contributed by atoms with Crippen LogP contribution in [0.15, 0.2) is 54.6 Å². The van der Waals surface area contributed by atoms with Crippen LogP contribution in [0.4, 0.5) is 15.3 Å². The average molecular weight is 468 g/mol. The summed E-state index contributed by atoms with van der Waals surface area (Å²) >= 11 is 0. The van der Waals surface area contributed by atoms with Crippen molar-refractivity contribution >= 4 is 23.7 Å². The van der Waals surface area contributed by atoms with Crippen LogP contribution in [0.25, 0.3) is 0 Å². The Kier molecular flexibility index (Phi) is 7.98. The fourth-order valence-electron chi connectivity index (χ4n) is 3.98. The van der Waals surface area contributed by atoms with Gasteiger partial charge in [0, 0.05) is 32.6 Å². The number of carbonyl (C=O) groups excluding carboxylic acids is 3. The number of nitrogens with one attached hydrogen (secondary N) is 1. The van der Waals surface area contributed by atoms with Gasteiger partial charge in [-0.2, -0.15) is 0 Å². The van der Waals surface area contributed by atoms with Crippen molar-refractivity contribution in [2.24, 2.45) is 0 Å². The number of hydrogen-bond donors (Lipinski definition) is 1. The molecule has 9 heteroatoms. The maximum absolute atomic E-state index is 13.0. The lowest BCUT2D eigenvalue weighted by molar-refractivity contribution is -0.125. The molecule has 180 valence electrons. The Morgan fingerprint density at radius 1 is 1.00 bits per heavy atom. The van der Waals surface area contributed by atoms with Gasteiger partial charge in [0.1, 0.15) is 5.75 Å². The molecular formula is C25H29N3O6. The van der Waals surface area contributed by atoms with Crippen LogP contribution < -0.4 is 15.0 Å². The molecule has 1 N–H and O–H groups in total. The van der Waals surface area contributed by atoms with E-state index in [1.54, 1.807) is 0 Å². The summed E-state index contributed by atoms with van der Waals surface area (Å²) in [4.78, 5) is 40.2. The van der Waals surface area contributed by atoms with Crippen molar-refractivity contribution in [3.63, 3.8) is 0 Å². The summed E-state index contributed by atoms with van der Waals surface area (Å²) in [5.41, 5.74) is 2.09. The van der Waals surface area contributed by atoms with E-state index in [1.165, 1.54) is 10.5 Å². The summed E-state index contributed by atoms with van der Waals surface area (Å²) in [5.74, 6) is 0.626. The van der Waals surface area contributed by atoms with Crippen molar-refractivity contribution in [1.29, 1.82) is 0 Å². The fraction of sp³-hybridized carbons (Fsp3) is 0.400. The Morgan fingerprint density at radius 2 is 1.74 bits per heavy atom. The van der Waals surface area contributed by atoms with Crippen molar-refractivity contribution in [1.82, 2.24) is 10.2 Å². The smallest absolute Gasteiger partial charge is 0.418 e. The first-order valence-electron chi connectivity index (χ1n) is 11.5. The Bertz CT molecular complexity index is 993. The van der Waals surface area contributed by atoms with Gasteiger partial charge in [0.2, 0.25) is 6.23 Å². The van der Waals surface area contributed by atoms with Crippen molar-refractivity contribution in [2.45, 2.75) is 25.5 Å². The molecule has 9 nitrogen and oxygen atoms in total. The van der Waals surface area contributed by atoms with Crippen LogP contribution in [0.3, 0.4) is 0 Å². The van der Waals surface area contributed by atoms with E-state index in [0.29, 0.717) is 45.0 Å². The second-order valence-electron chi connectivity index (χ2n) is 8.12. The third-order valence-electron chi connectivity index (χ3n) is 5.77. The molecule has 2 amide bonds. The quantitative estimate of drug-likeness (QED) is 0.471. The lowest BCUT2D eigenvalue weighted by Crippen LogP contribution is -2.43. The number of ether oxygens (including phenoxy) is 3. The van der Waals surface area contributed by atoms with Gasteiger partial charge in [0.25, 0.3) is 0 Å². The Balaban J connectivity index is 1.24. The van der Waals surface area contributed by atoms with Crippen molar-refractivity contribution < 1.29 is 28.6 Å². The summed E-state index contributed by atoms with van der Waals surface area (Å²) in [6.07, 6.45) is -0.801. The largest absolute Gasteiger partial charge is 0.461 e. The summed E-state index contributed by atoms with van der Waals surface area (Å²) in [6, 6.07) is 17.7. The number of amides is 2. The molecule has 2 aliphatic heterocycles. The molecule has 0 radical (unpaired) electrons. The number of morpholine rings is 1. The van der Waals surface area contributed by atoms with Gasteiger partial charge in [0.15, 0.2) is 5.78 Å². The van der Waals surface area contributed by atoms with E-state index in [4.69, 9.17) is 14.2 Å². The van der Waals surface area contributed by atoms with Crippen LogP contribution in [-0.4, -0.2) is 68.5 Å². The van der Waals surface area contributed by atoms with Crippen LogP contribution in [0.1, 0.15) is 18.4 Å². The number of fused-ring (bicyclic) bond motifs is 1. The number of hydrogen-bond acceptors (Lipinski definition) is 7. The highest BCUT2D eigenvalue weighted by Gasteiger charge is 2.35. The van der Waals surface area contributed by atoms with E-state index in [0.717, 1.165) is 12.1 Å². The number of carbonyl (C=O) groups is 3. The number of para-hydroxylation sites is 2. The van der Waals surface area contributed by atoms with E-state index in [-0.39, 0.29) is 18.7 Å². The molecule has 0 bridgehead atoms. The SMILES string of the molecule is O=C(NCCCC(=O)C1Oc2ccccc2N1CCc1ccccc1)OC(=O)N1CCOCC1. The number of ketones is 1. The highest BCUT2D eigenvalue weighted by atomic mass is 16.6. The van der Waals surface area contributed by atoms with E-state index in [9.17, 15) is 14.4 Å². The molecule has 1 saturated heterocycles. The first-order valence-corrected chi connectivity index (χ1v) is 11.5. The minimum absolute atomic E-state index is 0.0659. The van der Waals surface area contributed by atoms with Gasteiger partial charge >= 0.3 is 12.2 Å². The van der Waals surface area contributed by atoms with Crippen LogP contribution in [0.2, 0.25) is 0 Å². The lowest BCUT2D eigenvalue weighted by Gasteiger charge is -2.25. The Morgan fingerprint density at radius 3 is 2.53 bits per heavy atom. The van der Waals surface area contributed by atoms with E-state index < -0.39 is 18.4 Å². The number of benzene rings is 2. The molecule has 0 saturated carbocycles. The van der Waals surface area contributed by atoms with Crippen LogP contribution >= 0.6 is 0 Å². The average Bonchev–Trinajstić information content (AvgIpc) is 3.25. The van der Waals surface area contributed by atoms with Gasteiger partial charge < -0.3 is 29.3 Å². The lowest BCUT2D eigenvalue weighted by atomic mass is 10.1. The molecule has 0 aliphatic carbocycles. The molecule has 0 aromatic heterocycles. The predicted molar refractivity (Wildman–Crippen MR) is 125 cm³/mol. The molecular weight excluding hydrogens is 438 g/mol. The van der Waals surface area contributed by atoms with Gasteiger partial charge in [-0.25, -0.2) is 9.59 Å². The molecule has 4 rings (SSSR count). The number of nitrogens with zero attached hydrogens (tertiary/aromatic N) is 2. The third kappa shape index (κ3) is 6.05. The Labute approximate surface area is 198 Å². The second kappa shape index (κ2) is 11.5. The summed E-state index contributed by atoms with van der Waals surface area (Å²) in [5, 5.41) is 2.53. The topological polar surface area (TPSA) is 97.4 Å². The maximum atomic E-state index is 13.0. The van der Waals surface area contributed by atoms with Crippen LogP contribution in [0.5, 0.6) is 5.75 Å². The zero-order chi connectivity index (χ0) is 23.8. The highest BCUT2D eigenvalue weighted by molar-refractivity contribution is 5.89. The molecule has 1 atom stereocenters.